The van der Waals surface area contributed by atoms with Crippen LogP contribution in [-0.4, -0.2) is 17.1 Å². The van der Waals surface area contributed by atoms with Gasteiger partial charge in [0.05, 0.1) is 19.7 Å². The Balaban J connectivity index is 1.38. The smallest absolute Gasteiger partial charge is 0.264 e. The zero-order valence-electron chi connectivity index (χ0n) is 16.7. The first-order valence-corrected chi connectivity index (χ1v) is 10.9. The van der Waals surface area contributed by atoms with E-state index in [9.17, 15) is 0 Å². The number of H-pyrrole nitrogens is 1. The van der Waals surface area contributed by atoms with Crippen LogP contribution in [0.4, 0.5) is 0 Å². The lowest BCUT2D eigenvalue weighted by atomic mass is 10.1. The monoisotopic (exact) mass is 412 g/mol. The lowest BCUT2D eigenvalue weighted by Crippen LogP contribution is -2.26. The molecule has 5 rings (SSSR count). The summed E-state index contributed by atoms with van der Waals surface area (Å²) in [7, 11) is 1.68. The number of fused-ring (bicyclic) bond motifs is 3. The molecule has 148 valence electrons. The maximum absolute atomic E-state index is 5.34. The summed E-state index contributed by atoms with van der Waals surface area (Å²) in [6.45, 7) is 0. The summed E-state index contributed by atoms with van der Waals surface area (Å²) in [5.74, 6) is 2.93. The molecule has 5 aromatic rings. The van der Waals surface area contributed by atoms with Crippen molar-refractivity contribution in [3.8, 4) is 5.75 Å². The summed E-state index contributed by atoms with van der Waals surface area (Å²) in [5.41, 5.74) is 5.66. The largest absolute Gasteiger partial charge is 0.497 e. The molecule has 0 saturated carbocycles. The van der Waals surface area contributed by atoms with E-state index in [1.807, 2.05) is 36.3 Å². The molecule has 3 aromatic carbocycles. The SMILES string of the molecule is COc1ccc2c(c1)ncc1c[nH]c(Cc3ccc(SCc4ccccc4)cc3)[n+]12. The van der Waals surface area contributed by atoms with Gasteiger partial charge >= 0.3 is 0 Å². The summed E-state index contributed by atoms with van der Waals surface area (Å²) in [6, 6.07) is 25.4. The van der Waals surface area contributed by atoms with Crippen LogP contribution in [0, 0.1) is 0 Å². The van der Waals surface area contributed by atoms with Crippen molar-refractivity contribution < 1.29 is 9.14 Å². The number of ether oxygens (including phenoxy) is 1. The van der Waals surface area contributed by atoms with Crippen LogP contribution in [-0.2, 0) is 12.2 Å². The molecule has 1 N–H and O–H groups in total. The molecule has 0 aliphatic rings. The number of aromatic nitrogens is 3. The highest BCUT2D eigenvalue weighted by atomic mass is 32.2. The topological polar surface area (TPSA) is 42.0 Å². The standard InChI is InChI=1S/C25H21N3OS/c1-29-21-9-12-24-23(14-21)26-15-20-16-27-25(28(20)24)13-18-7-10-22(11-8-18)30-17-19-5-3-2-4-6-19/h2-12,14-16H,13,17H2,1H3/p+1. The number of nitrogens with one attached hydrogen (secondary N) is 1. The molecule has 30 heavy (non-hydrogen) atoms. The van der Waals surface area contributed by atoms with Gasteiger partial charge in [0, 0.05) is 16.7 Å². The quantitative estimate of drug-likeness (QED) is 0.308. The van der Waals surface area contributed by atoms with Crippen LogP contribution in [0.5, 0.6) is 5.75 Å². The van der Waals surface area contributed by atoms with Gasteiger partial charge in [0.25, 0.3) is 5.82 Å². The van der Waals surface area contributed by atoms with Crippen molar-refractivity contribution >= 4 is 28.3 Å². The van der Waals surface area contributed by atoms with Crippen LogP contribution >= 0.6 is 11.8 Å². The zero-order chi connectivity index (χ0) is 20.3. The summed E-state index contributed by atoms with van der Waals surface area (Å²) >= 11 is 1.86. The molecule has 0 radical (unpaired) electrons. The Kier molecular flexibility index (Phi) is 5.11. The molecule has 4 nitrogen and oxygen atoms in total. The number of thioether (sulfide) groups is 1. The third-order valence-corrected chi connectivity index (χ3v) is 6.30. The van der Waals surface area contributed by atoms with Gasteiger partial charge in [-0.25, -0.2) is 9.97 Å². The highest BCUT2D eigenvalue weighted by molar-refractivity contribution is 7.98. The van der Waals surface area contributed by atoms with E-state index >= 15 is 0 Å². The lowest BCUT2D eigenvalue weighted by Gasteiger charge is -2.04. The first kappa shape index (κ1) is 18.7. The molecule has 0 saturated heterocycles. The van der Waals surface area contributed by atoms with Gasteiger partial charge in [-0.15, -0.1) is 11.8 Å². The maximum atomic E-state index is 5.34. The average molecular weight is 413 g/mol. The van der Waals surface area contributed by atoms with E-state index in [-0.39, 0.29) is 0 Å². The predicted molar refractivity (Wildman–Crippen MR) is 121 cm³/mol. The van der Waals surface area contributed by atoms with Crippen molar-refractivity contribution in [3.05, 3.63) is 102 Å². The lowest BCUT2D eigenvalue weighted by molar-refractivity contribution is -0.491. The Morgan fingerprint density at radius 2 is 1.80 bits per heavy atom. The predicted octanol–water partition coefficient (Wildman–Crippen LogP) is 5.19. The number of benzene rings is 3. The third kappa shape index (κ3) is 3.76. The van der Waals surface area contributed by atoms with Crippen LogP contribution in [0.1, 0.15) is 17.0 Å². The second kappa shape index (κ2) is 8.20. The van der Waals surface area contributed by atoms with Crippen molar-refractivity contribution in [2.45, 2.75) is 17.1 Å². The maximum Gasteiger partial charge on any atom is 0.264 e. The Labute approximate surface area is 179 Å². The molecule has 0 atom stereocenters. The molecule has 0 unspecified atom stereocenters. The van der Waals surface area contributed by atoms with Crippen LogP contribution in [0.3, 0.4) is 0 Å². The number of methoxy groups -OCH3 is 1. The van der Waals surface area contributed by atoms with Crippen LogP contribution in [0.2, 0.25) is 0 Å². The van der Waals surface area contributed by atoms with Gasteiger partial charge in [-0.2, -0.15) is 4.40 Å². The number of hydrogen-bond acceptors (Lipinski definition) is 3. The fourth-order valence-electron chi connectivity index (χ4n) is 3.65. The molecule has 0 aliphatic heterocycles. The number of aromatic amines is 1. The number of imidazole rings is 1. The van der Waals surface area contributed by atoms with E-state index in [0.29, 0.717) is 0 Å². The van der Waals surface area contributed by atoms with E-state index in [1.165, 1.54) is 16.0 Å². The van der Waals surface area contributed by atoms with E-state index in [0.717, 1.165) is 40.3 Å². The highest BCUT2D eigenvalue weighted by Crippen LogP contribution is 2.24. The Bertz CT molecular complexity index is 1300. The second-order valence-electron chi connectivity index (χ2n) is 7.20. The summed E-state index contributed by atoms with van der Waals surface area (Å²) in [6.07, 6.45) is 4.73. The minimum Gasteiger partial charge on any atom is -0.497 e. The van der Waals surface area contributed by atoms with E-state index in [4.69, 9.17) is 4.74 Å². The van der Waals surface area contributed by atoms with E-state index in [1.54, 1.807) is 7.11 Å². The molecule has 0 amide bonds. The molecule has 2 heterocycles. The first-order valence-electron chi connectivity index (χ1n) is 9.90. The molecule has 5 heteroatoms. The molecule has 0 fully saturated rings. The fourth-order valence-corrected chi connectivity index (χ4v) is 4.50. The molecule has 0 bridgehead atoms. The van der Waals surface area contributed by atoms with Gasteiger partial charge in [-0.3, -0.25) is 0 Å². The van der Waals surface area contributed by atoms with Gasteiger partial charge in [-0.1, -0.05) is 42.5 Å². The summed E-state index contributed by atoms with van der Waals surface area (Å²) in [4.78, 5) is 9.29. The van der Waals surface area contributed by atoms with Gasteiger partial charge < -0.3 is 4.74 Å². The molecular formula is C25H22N3OS+. The van der Waals surface area contributed by atoms with Crippen molar-refractivity contribution in [2.24, 2.45) is 0 Å². The summed E-state index contributed by atoms with van der Waals surface area (Å²) < 4.78 is 7.58. The molecule has 0 aliphatic carbocycles. The summed E-state index contributed by atoms with van der Waals surface area (Å²) in [5, 5.41) is 0. The highest BCUT2D eigenvalue weighted by Gasteiger charge is 2.16. The normalized spacial score (nSPS) is 11.2. The van der Waals surface area contributed by atoms with E-state index < -0.39 is 0 Å². The van der Waals surface area contributed by atoms with E-state index in [2.05, 4.69) is 75.0 Å². The minimum atomic E-state index is 0.815. The Hall–Kier alpha value is -3.31. The molecular weight excluding hydrogens is 390 g/mol. The van der Waals surface area contributed by atoms with Gasteiger partial charge in [0.15, 0.2) is 11.0 Å². The molecule has 0 spiro atoms. The first-order chi connectivity index (χ1) is 14.8. The van der Waals surface area contributed by atoms with Gasteiger partial charge in [0.1, 0.15) is 17.5 Å². The molecule has 2 aromatic heterocycles. The van der Waals surface area contributed by atoms with Gasteiger partial charge in [-0.05, 0) is 35.4 Å². The van der Waals surface area contributed by atoms with Crippen LogP contribution in [0.15, 0.2) is 90.1 Å². The Morgan fingerprint density at radius 3 is 2.60 bits per heavy atom. The zero-order valence-corrected chi connectivity index (χ0v) is 17.5. The third-order valence-electron chi connectivity index (χ3n) is 5.22. The Morgan fingerprint density at radius 1 is 0.967 bits per heavy atom. The average Bonchev–Trinajstić information content (AvgIpc) is 3.22. The van der Waals surface area contributed by atoms with Crippen LogP contribution in [0.25, 0.3) is 16.6 Å². The van der Waals surface area contributed by atoms with Crippen LogP contribution < -0.4 is 9.14 Å². The van der Waals surface area contributed by atoms with Crippen molar-refractivity contribution in [2.75, 3.05) is 7.11 Å². The minimum absolute atomic E-state index is 0.815. The number of rotatable bonds is 6. The van der Waals surface area contributed by atoms with Crippen molar-refractivity contribution in [3.63, 3.8) is 0 Å². The second-order valence-corrected chi connectivity index (χ2v) is 8.25. The number of nitrogens with zero attached hydrogens (tertiary/aromatic N) is 2. The van der Waals surface area contributed by atoms with Gasteiger partial charge in [0.2, 0.25) is 0 Å². The van der Waals surface area contributed by atoms with Crippen molar-refractivity contribution in [1.82, 2.24) is 9.97 Å². The number of hydrogen-bond donors (Lipinski definition) is 1. The fraction of sp³-hybridized carbons (Fsp3) is 0.120. The van der Waals surface area contributed by atoms with Crippen molar-refractivity contribution in [1.29, 1.82) is 0 Å².